The molecule has 1 aromatic heterocycles. The second-order valence-corrected chi connectivity index (χ2v) is 3.71. The number of hydrogen-bond acceptors (Lipinski definition) is 3. The fourth-order valence-corrected chi connectivity index (χ4v) is 1.55. The molecule has 0 aliphatic rings. The number of hydrogen-bond donors (Lipinski definition) is 1. The van der Waals surface area contributed by atoms with Crippen molar-refractivity contribution < 1.29 is 14.3 Å². The Kier molecular flexibility index (Phi) is 3.35. The van der Waals surface area contributed by atoms with E-state index in [1.807, 2.05) is 0 Å². The van der Waals surface area contributed by atoms with Crippen LogP contribution in [0.15, 0.2) is 33.5 Å². The maximum atomic E-state index is 11.3. The van der Waals surface area contributed by atoms with E-state index in [-0.39, 0.29) is 5.88 Å². The molecule has 1 aromatic carbocycles. The predicted molar refractivity (Wildman–Crippen MR) is 67.0 cm³/mol. The molecule has 0 saturated carbocycles. The van der Waals surface area contributed by atoms with Gasteiger partial charge in [-0.2, -0.15) is 0 Å². The van der Waals surface area contributed by atoms with Crippen LogP contribution in [0.4, 0.5) is 0 Å². The zero-order valence-corrected chi connectivity index (χ0v) is 9.82. The topological polar surface area (TPSA) is 67.5 Å². The van der Waals surface area contributed by atoms with Crippen molar-refractivity contribution in [2.45, 2.75) is 0 Å². The van der Waals surface area contributed by atoms with E-state index in [9.17, 15) is 9.59 Å². The molecule has 0 atom stereocenters. The molecule has 0 radical (unpaired) electrons. The molecule has 1 heterocycles. The summed E-state index contributed by atoms with van der Waals surface area (Å²) < 4.78 is 4.90. The lowest BCUT2D eigenvalue weighted by Gasteiger charge is -1.99. The van der Waals surface area contributed by atoms with Crippen LogP contribution < -0.4 is 5.63 Å². The lowest BCUT2D eigenvalue weighted by molar-refractivity contribution is 0.0692. The Morgan fingerprint density at radius 3 is 2.83 bits per heavy atom. The van der Waals surface area contributed by atoms with Crippen molar-refractivity contribution in [3.8, 4) is 11.8 Å². The van der Waals surface area contributed by atoms with Gasteiger partial charge in [0.2, 0.25) is 0 Å². The van der Waals surface area contributed by atoms with Crippen molar-refractivity contribution in [1.29, 1.82) is 0 Å². The Hall–Kier alpha value is -2.25. The number of rotatable bonds is 1. The van der Waals surface area contributed by atoms with Gasteiger partial charge in [0.1, 0.15) is 11.1 Å². The van der Waals surface area contributed by atoms with E-state index >= 15 is 0 Å². The highest BCUT2D eigenvalue weighted by Crippen LogP contribution is 2.15. The minimum atomic E-state index is -1.32. The van der Waals surface area contributed by atoms with Crippen molar-refractivity contribution in [2.24, 2.45) is 0 Å². The summed E-state index contributed by atoms with van der Waals surface area (Å²) in [5.41, 5.74) is -0.269. The van der Waals surface area contributed by atoms with E-state index in [0.29, 0.717) is 16.5 Å². The van der Waals surface area contributed by atoms with E-state index in [1.165, 1.54) is 6.07 Å². The highest BCUT2D eigenvalue weighted by atomic mass is 35.5. The molecule has 0 bridgehead atoms. The first-order chi connectivity index (χ1) is 8.61. The standard InChI is InChI=1S/C13H7ClO4/c14-5-1-2-8-3-4-11-9(6-8)7-10(12(15)16)13(17)18-11/h3-4,6-7H,5H2,(H,15,16). The van der Waals surface area contributed by atoms with E-state index in [4.69, 9.17) is 21.1 Å². The van der Waals surface area contributed by atoms with Gasteiger partial charge in [-0.05, 0) is 24.3 Å². The highest BCUT2D eigenvalue weighted by molar-refractivity contribution is 6.19. The Morgan fingerprint density at radius 2 is 2.17 bits per heavy atom. The summed E-state index contributed by atoms with van der Waals surface area (Å²) in [4.78, 5) is 22.2. The van der Waals surface area contributed by atoms with Gasteiger partial charge in [-0.25, -0.2) is 9.59 Å². The molecule has 0 spiro atoms. The van der Waals surface area contributed by atoms with Gasteiger partial charge in [-0.15, -0.1) is 11.6 Å². The molecular formula is C13H7ClO4. The molecule has 0 unspecified atom stereocenters. The monoisotopic (exact) mass is 262 g/mol. The zero-order chi connectivity index (χ0) is 13.1. The normalized spacial score (nSPS) is 9.83. The molecule has 0 saturated heterocycles. The fourth-order valence-electron chi connectivity index (χ4n) is 1.49. The molecule has 5 heteroatoms. The number of halogens is 1. The number of carboxylic acid groups (broad SMARTS) is 1. The lowest BCUT2D eigenvalue weighted by Crippen LogP contribution is -2.12. The van der Waals surface area contributed by atoms with Crippen LogP contribution in [0.1, 0.15) is 15.9 Å². The maximum Gasteiger partial charge on any atom is 0.351 e. The van der Waals surface area contributed by atoms with Crippen LogP contribution in [0.2, 0.25) is 0 Å². The van der Waals surface area contributed by atoms with Crippen molar-refractivity contribution in [2.75, 3.05) is 5.88 Å². The Balaban J connectivity index is 2.65. The Morgan fingerprint density at radius 1 is 1.39 bits per heavy atom. The Labute approximate surface area is 107 Å². The molecule has 2 rings (SSSR count). The van der Waals surface area contributed by atoms with Crippen molar-refractivity contribution in [1.82, 2.24) is 0 Å². The van der Waals surface area contributed by atoms with E-state index in [1.54, 1.807) is 18.2 Å². The molecule has 18 heavy (non-hydrogen) atoms. The number of carboxylic acids is 1. The summed E-state index contributed by atoms with van der Waals surface area (Å²) in [7, 11) is 0. The minimum Gasteiger partial charge on any atom is -0.477 e. The third-order valence-corrected chi connectivity index (χ3v) is 2.40. The summed E-state index contributed by atoms with van der Waals surface area (Å²) in [5.74, 6) is 4.38. The summed E-state index contributed by atoms with van der Waals surface area (Å²) in [6, 6.07) is 6.16. The second kappa shape index (κ2) is 4.94. The predicted octanol–water partition coefficient (Wildman–Crippen LogP) is 2.08. The summed E-state index contributed by atoms with van der Waals surface area (Å²) >= 11 is 5.45. The summed E-state index contributed by atoms with van der Waals surface area (Å²) in [6.45, 7) is 0. The van der Waals surface area contributed by atoms with Crippen LogP contribution in [-0.4, -0.2) is 17.0 Å². The van der Waals surface area contributed by atoms with Crippen LogP contribution in [-0.2, 0) is 0 Å². The molecule has 0 amide bonds. The van der Waals surface area contributed by atoms with Gasteiger partial charge in [-0.3, -0.25) is 0 Å². The first-order valence-electron chi connectivity index (χ1n) is 4.98. The van der Waals surface area contributed by atoms with E-state index in [2.05, 4.69) is 11.8 Å². The van der Waals surface area contributed by atoms with Gasteiger partial charge in [0.05, 0.1) is 5.88 Å². The van der Waals surface area contributed by atoms with E-state index in [0.717, 1.165) is 0 Å². The molecule has 1 N–H and O–H groups in total. The molecule has 0 aliphatic heterocycles. The maximum absolute atomic E-state index is 11.3. The van der Waals surface area contributed by atoms with Crippen LogP contribution in [0.5, 0.6) is 0 Å². The SMILES string of the molecule is O=C(O)c1cc2cc(C#CCCl)ccc2oc1=O. The van der Waals surface area contributed by atoms with E-state index < -0.39 is 17.2 Å². The second-order valence-electron chi connectivity index (χ2n) is 3.44. The zero-order valence-electron chi connectivity index (χ0n) is 9.07. The average molecular weight is 263 g/mol. The van der Waals surface area contributed by atoms with Gasteiger partial charge in [-0.1, -0.05) is 11.8 Å². The van der Waals surface area contributed by atoms with Crippen LogP contribution in [0.25, 0.3) is 11.0 Å². The van der Waals surface area contributed by atoms with Crippen LogP contribution >= 0.6 is 11.6 Å². The first kappa shape index (κ1) is 12.2. The van der Waals surface area contributed by atoms with Gasteiger partial charge in [0.25, 0.3) is 0 Å². The van der Waals surface area contributed by atoms with Crippen molar-refractivity contribution in [3.05, 3.63) is 45.8 Å². The molecular weight excluding hydrogens is 256 g/mol. The number of carbonyl (C=O) groups is 1. The molecule has 0 aliphatic carbocycles. The molecule has 0 fully saturated rings. The lowest BCUT2D eigenvalue weighted by atomic mass is 10.1. The van der Waals surface area contributed by atoms with Crippen LogP contribution in [0.3, 0.4) is 0 Å². The molecule has 90 valence electrons. The quantitative estimate of drug-likeness (QED) is 0.485. The number of aromatic carboxylic acids is 1. The largest absolute Gasteiger partial charge is 0.477 e. The number of benzene rings is 1. The third kappa shape index (κ3) is 2.36. The number of alkyl halides is 1. The molecule has 4 nitrogen and oxygen atoms in total. The Bertz CT molecular complexity index is 734. The average Bonchev–Trinajstić information content (AvgIpc) is 2.35. The summed E-state index contributed by atoms with van der Waals surface area (Å²) in [5, 5.41) is 9.34. The van der Waals surface area contributed by atoms with Crippen molar-refractivity contribution in [3.63, 3.8) is 0 Å². The van der Waals surface area contributed by atoms with Gasteiger partial charge in [0, 0.05) is 10.9 Å². The number of fused-ring (bicyclic) bond motifs is 1. The third-order valence-electron chi connectivity index (χ3n) is 2.26. The summed E-state index contributed by atoms with van der Waals surface area (Å²) in [6.07, 6.45) is 0. The first-order valence-corrected chi connectivity index (χ1v) is 5.51. The highest BCUT2D eigenvalue weighted by Gasteiger charge is 2.11. The van der Waals surface area contributed by atoms with Gasteiger partial charge >= 0.3 is 11.6 Å². The molecule has 2 aromatic rings. The minimum absolute atomic E-state index is 0.211. The van der Waals surface area contributed by atoms with Gasteiger partial charge < -0.3 is 9.52 Å². The van der Waals surface area contributed by atoms with Crippen molar-refractivity contribution >= 4 is 28.5 Å². The fraction of sp³-hybridized carbons (Fsp3) is 0.0769. The smallest absolute Gasteiger partial charge is 0.351 e. The van der Waals surface area contributed by atoms with Crippen LogP contribution in [0, 0.1) is 11.8 Å². The van der Waals surface area contributed by atoms with Gasteiger partial charge in [0.15, 0.2) is 0 Å².